The highest BCUT2D eigenvalue weighted by molar-refractivity contribution is 9.10. The molecule has 0 N–H and O–H groups in total. The normalized spacial score (nSPS) is 17.1. The second kappa shape index (κ2) is 5.09. The van der Waals surface area contributed by atoms with Gasteiger partial charge in [-0.2, -0.15) is 4.98 Å². The van der Waals surface area contributed by atoms with Crippen LogP contribution in [0.1, 0.15) is 49.2 Å². The highest BCUT2D eigenvalue weighted by atomic mass is 79.9. The molecule has 0 spiro atoms. The van der Waals surface area contributed by atoms with Gasteiger partial charge in [-0.05, 0) is 54.9 Å². The molecule has 3 rings (SSSR count). The van der Waals surface area contributed by atoms with Gasteiger partial charge in [0.15, 0.2) is 10.5 Å². The SMILES string of the molecule is C[C@H](c1nc(C2CC2)no1)N(C)Cc1ccc(Br)o1. The van der Waals surface area contributed by atoms with Gasteiger partial charge in [0.05, 0.1) is 12.6 Å². The average molecular weight is 326 g/mol. The van der Waals surface area contributed by atoms with Gasteiger partial charge < -0.3 is 8.94 Å². The molecule has 2 aromatic heterocycles. The zero-order valence-corrected chi connectivity index (χ0v) is 12.6. The summed E-state index contributed by atoms with van der Waals surface area (Å²) in [5, 5.41) is 4.05. The van der Waals surface area contributed by atoms with Gasteiger partial charge in [0, 0.05) is 5.92 Å². The summed E-state index contributed by atoms with van der Waals surface area (Å²) in [6.45, 7) is 2.76. The molecule has 1 atom stereocenters. The van der Waals surface area contributed by atoms with Gasteiger partial charge in [0.1, 0.15) is 5.76 Å². The third kappa shape index (κ3) is 2.90. The summed E-state index contributed by atoms with van der Waals surface area (Å²) >= 11 is 3.30. The van der Waals surface area contributed by atoms with Crippen molar-refractivity contribution in [3.8, 4) is 0 Å². The highest BCUT2D eigenvalue weighted by Gasteiger charge is 2.30. The molecule has 6 heteroatoms. The summed E-state index contributed by atoms with van der Waals surface area (Å²) < 4.78 is 11.6. The molecule has 1 saturated carbocycles. The molecule has 102 valence electrons. The largest absolute Gasteiger partial charge is 0.453 e. The fourth-order valence-corrected chi connectivity index (χ4v) is 2.27. The Labute approximate surface area is 120 Å². The van der Waals surface area contributed by atoms with Gasteiger partial charge >= 0.3 is 0 Å². The van der Waals surface area contributed by atoms with Crippen molar-refractivity contribution in [1.29, 1.82) is 0 Å². The Balaban J connectivity index is 1.65. The first-order valence-electron chi connectivity index (χ1n) is 6.41. The average Bonchev–Trinajstić information content (AvgIpc) is 2.98. The second-order valence-corrected chi connectivity index (χ2v) is 5.84. The smallest absolute Gasteiger partial charge is 0.243 e. The number of furan rings is 1. The lowest BCUT2D eigenvalue weighted by Gasteiger charge is -2.20. The summed E-state index contributed by atoms with van der Waals surface area (Å²) in [5.41, 5.74) is 0. The van der Waals surface area contributed by atoms with E-state index in [2.05, 4.69) is 37.9 Å². The minimum absolute atomic E-state index is 0.0730. The number of aromatic nitrogens is 2. The minimum Gasteiger partial charge on any atom is -0.453 e. The van der Waals surface area contributed by atoms with Crippen LogP contribution in [0.4, 0.5) is 0 Å². The number of halogens is 1. The number of rotatable bonds is 5. The molecule has 1 aliphatic rings. The van der Waals surface area contributed by atoms with Gasteiger partial charge in [-0.15, -0.1) is 0 Å². The number of hydrogen-bond acceptors (Lipinski definition) is 5. The van der Waals surface area contributed by atoms with Crippen LogP contribution in [-0.4, -0.2) is 22.1 Å². The van der Waals surface area contributed by atoms with E-state index >= 15 is 0 Å². The fraction of sp³-hybridized carbons (Fsp3) is 0.538. The zero-order chi connectivity index (χ0) is 13.4. The van der Waals surface area contributed by atoms with Gasteiger partial charge in [-0.1, -0.05) is 5.16 Å². The third-order valence-electron chi connectivity index (χ3n) is 3.45. The molecule has 0 aromatic carbocycles. The first kappa shape index (κ1) is 12.9. The Bertz CT molecular complexity index is 562. The van der Waals surface area contributed by atoms with E-state index in [1.165, 1.54) is 12.8 Å². The van der Waals surface area contributed by atoms with Crippen LogP contribution in [-0.2, 0) is 6.54 Å². The van der Waals surface area contributed by atoms with Gasteiger partial charge in [0.25, 0.3) is 0 Å². The highest BCUT2D eigenvalue weighted by Crippen LogP contribution is 2.38. The second-order valence-electron chi connectivity index (χ2n) is 5.06. The predicted octanol–water partition coefficient (Wildman–Crippen LogP) is 3.50. The monoisotopic (exact) mass is 325 g/mol. The predicted molar refractivity (Wildman–Crippen MR) is 72.6 cm³/mol. The zero-order valence-electron chi connectivity index (χ0n) is 11.0. The Hall–Kier alpha value is -1.14. The molecular weight excluding hydrogens is 310 g/mol. The van der Waals surface area contributed by atoms with Crippen molar-refractivity contribution < 1.29 is 8.94 Å². The molecular formula is C13H16BrN3O2. The van der Waals surface area contributed by atoms with E-state index in [4.69, 9.17) is 8.94 Å². The van der Waals surface area contributed by atoms with Crippen molar-refractivity contribution in [2.75, 3.05) is 7.05 Å². The summed E-state index contributed by atoms with van der Waals surface area (Å²) in [7, 11) is 2.02. The Kier molecular flexibility index (Phi) is 3.45. The van der Waals surface area contributed by atoms with Crippen LogP contribution in [0.3, 0.4) is 0 Å². The molecule has 0 radical (unpaired) electrons. The molecule has 2 aromatic rings. The fourth-order valence-electron chi connectivity index (χ4n) is 1.93. The Morgan fingerprint density at radius 2 is 2.26 bits per heavy atom. The number of hydrogen-bond donors (Lipinski definition) is 0. The molecule has 0 unspecified atom stereocenters. The maximum atomic E-state index is 5.50. The van der Waals surface area contributed by atoms with Crippen LogP contribution in [0.25, 0.3) is 0 Å². The van der Waals surface area contributed by atoms with E-state index in [-0.39, 0.29) is 6.04 Å². The number of nitrogens with zero attached hydrogens (tertiary/aromatic N) is 3. The lowest BCUT2D eigenvalue weighted by atomic mass is 10.3. The Morgan fingerprint density at radius 1 is 1.47 bits per heavy atom. The first-order valence-corrected chi connectivity index (χ1v) is 7.20. The maximum Gasteiger partial charge on any atom is 0.243 e. The molecule has 0 saturated heterocycles. The lowest BCUT2D eigenvalue weighted by molar-refractivity contribution is 0.189. The van der Waals surface area contributed by atoms with Gasteiger partial charge in [-0.3, -0.25) is 4.90 Å². The van der Waals surface area contributed by atoms with Crippen LogP contribution in [0.15, 0.2) is 25.7 Å². The van der Waals surface area contributed by atoms with Gasteiger partial charge in [0.2, 0.25) is 5.89 Å². The molecule has 1 fully saturated rings. The molecule has 19 heavy (non-hydrogen) atoms. The lowest BCUT2D eigenvalue weighted by Crippen LogP contribution is -2.22. The molecule has 5 nitrogen and oxygen atoms in total. The van der Waals surface area contributed by atoms with Crippen LogP contribution in [0.5, 0.6) is 0 Å². The standard InChI is InChI=1S/C13H16BrN3O2/c1-8(13-15-12(16-19-13)9-3-4-9)17(2)7-10-5-6-11(14)18-10/h5-6,8-9H,3-4,7H2,1-2H3/t8-/m1/s1. The van der Waals surface area contributed by atoms with Gasteiger partial charge in [-0.25, -0.2) is 0 Å². The topological polar surface area (TPSA) is 55.3 Å². The van der Waals surface area contributed by atoms with Crippen molar-refractivity contribution in [3.63, 3.8) is 0 Å². The first-order chi connectivity index (χ1) is 9.13. The molecule has 2 heterocycles. The third-order valence-corrected chi connectivity index (χ3v) is 3.88. The van der Waals surface area contributed by atoms with E-state index in [1.54, 1.807) is 0 Å². The molecule has 0 aliphatic heterocycles. The van der Waals surface area contributed by atoms with Crippen molar-refractivity contribution >= 4 is 15.9 Å². The van der Waals surface area contributed by atoms with Crippen molar-refractivity contribution in [2.45, 2.75) is 38.3 Å². The van der Waals surface area contributed by atoms with E-state index in [0.717, 1.165) is 16.3 Å². The quantitative estimate of drug-likeness (QED) is 0.842. The summed E-state index contributed by atoms with van der Waals surface area (Å²) in [5.74, 6) is 2.96. The van der Waals surface area contributed by atoms with Crippen molar-refractivity contribution in [3.05, 3.63) is 34.3 Å². The Morgan fingerprint density at radius 3 is 2.89 bits per heavy atom. The van der Waals surface area contributed by atoms with Crippen LogP contribution >= 0.6 is 15.9 Å². The summed E-state index contributed by atoms with van der Waals surface area (Å²) in [6, 6.07) is 3.92. The summed E-state index contributed by atoms with van der Waals surface area (Å²) in [6.07, 6.45) is 2.37. The van der Waals surface area contributed by atoms with Crippen LogP contribution < -0.4 is 0 Å². The summed E-state index contributed by atoms with van der Waals surface area (Å²) in [4.78, 5) is 6.60. The van der Waals surface area contributed by atoms with E-state index in [1.807, 2.05) is 19.2 Å². The van der Waals surface area contributed by atoms with Crippen LogP contribution in [0, 0.1) is 0 Å². The molecule has 0 amide bonds. The molecule has 0 bridgehead atoms. The van der Waals surface area contributed by atoms with E-state index in [9.17, 15) is 0 Å². The van der Waals surface area contributed by atoms with E-state index < -0.39 is 0 Å². The minimum atomic E-state index is 0.0730. The van der Waals surface area contributed by atoms with E-state index in [0.29, 0.717) is 18.4 Å². The van der Waals surface area contributed by atoms with Crippen LogP contribution in [0.2, 0.25) is 0 Å². The van der Waals surface area contributed by atoms with Crippen molar-refractivity contribution in [1.82, 2.24) is 15.0 Å². The van der Waals surface area contributed by atoms with Crippen molar-refractivity contribution in [2.24, 2.45) is 0 Å². The maximum absolute atomic E-state index is 5.50. The molecule has 1 aliphatic carbocycles.